The van der Waals surface area contributed by atoms with Crippen LogP contribution in [0.5, 0.6) is 0 Å². The number of rotatable bonds is 8. The zero-order valence-electron chi connectivity index (χ0n) is 19.5. The van der Waals surface area contributed by atoms with Crippen molar-refractivity contribution in [1.82, 2.24) is 14.8 Å². The Balaban J connectivity index is 1.23. The highest BCUT2D eigenvalue weighted by Crippen LogP contribution is 2.16. The molecule has 1 aliphatic heterocycles. The summed E-state index contributed by atoms with van der Waals surface area (Å²) in [5.41, 5.74) is 2.38. The summed E-state index contributed by atoms with van der Waals surface area (Å²) in [6.45, 7) is 4.74. The predicted octanol–water partition coefficient (Wildman–Crippen LogP) is 2.83. The van der Waals surface area contributed by atoms with Crippen molar-refractivity contribution >= 4 is 28.9 Å². The zero-order chi connectivity index (χ0) is 24.8. The van der Waals surface area contributed by atoms with Crippen molar-refractivity contribution in [3.05, 3.63) is 69.7 Å². The number of Topliss-reactive ketones (excluding diaryl/α,β-unsaturated/α-hetero) is 1. The molecule has 1 aliphatic rings. The van der Waals surface area contributed by atoms with Gasteiger partial charge in [-0.3, -0.25) is 14.7 Å². The molecule has 0 bridgehead atoms. The first-order valence-corrected chi connectivity index (χ1v) is 11.5. The van der Waals surface area contributed by atoms with Crippen LogP contribution in [-0.4, -0.2) is 72.0 Å². The van der Waals surface area contributed by atoms with E-state index in [0.29, 0.717) is 66.9 Å². The van der Waals surface area contributed by atoms with E-state index in [1.807, 2.05) is 0 Å². The van der Waals surface area contributed by atoms with Gasteiger partial charge in [0.2, 0.25) is 0 Å². The Hall–Kier alpha value is -3.92. The number of piperazine rings is 1. The summed E-state index contributed by atoms with van der Waals surface area (Å²) in [7, 11) is 0. The maximum atomic E-state index is 12.6. The molecule has 35 heavy (non-hydrogen) atoms. The molecule has 0 atom stereocenters. The van der Waals surface area contributed by atoms with Gasteiger partial charge in [-0.05, 0) is 31.2 Å². The quantitative estimate of drug-likeness (QED) is 0.385. The molecule has 3 aromatic rings. The van der Waals surface area contributed by atoms with Crippen LogP contribution in [0, 0.1) is 0 Å². The van der Waals surface area contributed by atoms with Gasteiger partial charge in [-0.15, -0.1) is 0 Å². The van der Waals surface area contributed by atoms with E-state index in [2.05, 4.69) is 9.88 Å². The molecule has 10 nitrogen and oxygen atoms in total. The highest BCUT2D eigenvalue weighted by atomic mass is 16.6. The first kappa shape index (κ1) is 24.2. The lowest BCUT2D eigenvalue weighted by Crippen LogP contribution is -2.49. The number of fused-ring (bicyclic) bond motifs is 1. The number of aromatic nitrogens is 1. The highest BCUT2D eigenvalue weighted by molar-refractivity contribution is 5.98. The van der Waals surface area contributed by atoms with E-state index in [1.165, 1.54) is 0 Å². The lowest BCUT2D eigenvalue weighted by atomic mass is 10.1. The maximum absolute atomic E-state index is 12.6. The third kappa shape index (κ3) is 5.96. The van der Waals surface area contributed by atoms with Crippen molar-refractivity contribution in [2.45, 2.75) is 20.0 Å². The SMILES string of the molecule is CCOC(=O)c1ccccc1COC(=O)N1CCN(CCC(=O)c2ccc3[nH]c(=O)oc3c2)CC1. The zero-order valence-corrected chi connectivity index (χ0v) is 19.5. The third-order valence-corrected chi connectivity index (χ3v) is 5.89. The molecular weight excluding hydrogens is 454 g/mol. The Kier molecular flexibility index (Phi) is 7.61. The molecule has 1 aromatic heterocycles. The van der Waals surface area contributed by atoms with E-state index in [1.54, 1.807) is 54.3 Å². The fraction of sp³-hybridized carbons (Fsp3) is 0.360. The maximum Gasteiger partial charge on any atom is 0.417 e. The number of H-pyrrole nitrogens is 1. The number of hydrogen-bond donors (Lipinski definition) is 1. The molecule has 0 radical (unpaired) electrons. The van der Waals surface area contributed by atoms with Crippen molar-refractivity contribution in [3.63, 3.8) is 0 Å². The fourth-order valence-electron chi connectivity index (χ4n) is 3.96. The minimum atomic E-state index is -0.552. The number of nitrogens with zero attached hydrogens (tertiary/aromatic N) is 2. The molecule has 0 aliphatic carbocycles. The van der Waals surface area contributed by atoms with Crippen LogP contribution < -0.4 is 5.76 Å². The van der Waals surface area contributed by atoms with Gasteiger partial charge in [-0.2, -0.15) is 0 Å². The molecular formula is C25H27N3O7. The van der Waals surface area contributed by atoms with E-state index >= 15 is 0 Å². The molecule has 0 saturated carbocycles. The second-order valence-electron chi connectivity index (χ2n) is 8.16. The number of benzene rings is 2. The number of esters is 1. The molecule has 2 aromatic carbocycles. The number of ketones is 1. The summed E-state index contributed by atoms with van der Waals surface area (Å²) >= 11 is 0. The number of aromatic amines is 1. The number of carbonyl (C=O) groups excluding carboxylic acids is 3. The summed E-state index contributed by atoms with van der Waals surface area (Å²) < 4.78 is 15.5. The summed E-state index contributed by atoms with van der Waals surface area (Å²) in [4.78, 5) is 54.8. The number of nitrogens with one attached hydrogen (secondary N) is 1. The number of ether oxygens (including phenoxy) is 2. The Morgan fingerprint density at radius 1 is 1.03 bits per heavy atom. The van der Waals surface area contributed by atoms with Crippen molar-refractivity contribution in [2.75, 3.05) is 39.3 Å². The van der Waals surface area contributed by atoms with E-state index < -0.39 is 17.8 Å². The summed E-state index contributed by atoms with van der Waals surface area (Å²) in [6.07, 6.45) is -0.129. The summed E-state index contributed by atoms with van der Waals surface area (Å²) in [5, 5.41) is 0. The van der Waals surface area contributed by atoms with Crippen molar-refractivity contribution in [3.8, 4) is 0 Å². The van der Waals surface area contributed by atoms with Crippen LogP contribution in [0.1, 0.15) is 39.6 Å². The van der Waals surface area contributed by atoms with Gasteiger partial charge in [-0.1, -0.05) is 18.2 Å². The second kappa shape index (κ2) is 11.0. The fourth-order valence-corrected chi connectivity index (χ4v) is 3.96. The van der Waals surface area contributed by atoms with Gasteiger partial charge in [0.15, 0.2) is 11.4 Å². The third-order valence-electron chi connectivity index (χ3n) is 5.89. The Morgan fingerprint density at radius 3 is 2.57 bits per heavy atom. The average molecular weight is 482 g/mol. The van der Waals surface area contributed by atoms with E-state index in [0.717, 1.165) is 0 Å². The number of carbonyl (C=O) groups is 3. The van der Waals surface area contributed by atoms with Gasteiger partial charge in [0, 0.05) is 50.3 Å². The monoisotopic (exact) mass is 481 g/mol. The van der Waals surface area contributed by atoms with E-state index in [-0.39, 0.29) is 19.0 Å². The van der Waals surface area contributed by atoms with Gasteiger partial charge in [0.25, 0.3) is 0 Å². The van der Waals surface area contributed by atoms with Crippen LogP contribution in [0.25, 0.3) is 11.1 Å². The molecule has 0 spiro atoms. The van der Waals surface area contributed by atoms with Gasteiger partial charge < -0.3 is 18.8 Å². The first-order valence-electron chi connectivity index (χ1n) is 11.5. The van der Waals surface area contributed by atoms with Crippen LogP contribution >= 0.6 is 0 Å². The van der Waals surface area contributed by atoms with Crippen molar-refractivity contribution in [1.29, 1.82) is 0 Å². The van der Waals surface area contributed by atoms with Gasteiger partial charge in [0.05, 0.1) is 17.7 Å². The Morgan fingerprint density at radius 2 is 1.80 bits per heavy atom. The van der Waals surface area contributed by atoms with Gasteiger partial charge >= 0.3 is 17.8 Å². The van der Waals surface area contributed by atoms with Gasteiger partial charge in [-0.25, -0.2) is 14.4 Å². The molecule has 0 unspecified atom stereocenters. The number of amides is 1. The highest BCUT2D eigenvalue weighted by Gasteiger charge is 2.23. The molecule has 1 fully saturated rings. The summed E-state index contributed by atoms with van der Waals surface area (Å²) in [5.74, 6) is -1.04. The smallest absolute Gasteiger partial charge is 0.417 e. The molecule has 1 amide bonds. The lowest BCUT2D eigenvalue weighted by molar-refractivity contribution is 0.0514. The molecule has 1 saturated heterocycles. The minimum Gasteiger partial charge on any atom is -0.462 e. The van der Waals surface area contributed by atoms with Gasteiger partial charge in [0.1, 0.15) is 6.61 Å². The largest absolute Gasteiger partial charge is 0.462 e. The Bertz CT molecular complexity index is 1270. The van der Waals surface area contributed by atoms with Crippen LogP contribution in [0.3, 0.4) is 0 Å². The lowest BCUT2D eigenvalue weighted by Gasteiger charge is -2.34. The van der Waals surface area contributed by atoms with Crippen LogP contribution in [0.15, 0.2) is 51.7 Å². The molecule has 1 N–H and O–H groups in total. The molecule has 184 valence electrons. The summed E-state index contributed by atoms with van der Waals surface area (Å²) in [6, 6.07) is 11.8. The van der Waals surface area contributed by atoms with Crippen LogP contribution in [-0.2, 0) is 16.1 Å². The van der Waals surface area contributed by atoms with Crippen LogP contribution in [0.4, 0.5) is 4.79 Å². The Labute approximate surface area is 201 Å². The van der Waals surface area contributed by atoms with Crippen molar-refractivity contribution < 1.29 is 28.3 Å². The van der Waals surface area contributed by atoms with Crippen molar-refractivity contribution in [2.24, 2.45) is 0 Å². The normalized spacial score (nSPS) is 14.1. The minimum absolute atomic E-state index is 0.0197. The van der Waals surface area contributed by atoms with Crippen LogP contribution in [0.2, 0.25) is 0 Å². The number of oxazole rings is 1. The predicted molar refractivity (Wildman–Crippen MR) is 126 cm³/mol. The van der Waals surface area contributed by atoms with E-state index in [9.17, 15) is 19.2 Å². The molecule has 4 rings (SSSR count). The molecule has 2 heterocycles. The number of hydrogen-bond acceptors (Lipinski definition) is 8. The second-order valence-corrected chi connectivity index (χ2v) is 8.16. The molecule has 10 heteroatoms. The standard InChI is InChI=1S/C25H27N3O7/c1-2-33-23(30)19-6-4-3-5-18(19)16-34-25(32)28-13-11-27(12-14-28)10-9-21(29)17-7-8-20-22(15-17)35-24(31)26-20/h3-8,15H,2,9-14,16H2,1H3,(H,26,31). The topological polar surface area (TPSA) is 122 Å². The average Bonchev–Trinajstić information content (AvgIpc) is 3.25. The van der Waals surface area contributed by atoms with E-state index in [4.69, 9.17) is 13.9 Å². The first-order chi connectivity index (χ1) is 16.9.